The van der Waals surface area contributed by atoms with Gasteiger partial charge in [0, 0.05) is 17.2 Å². The van der Waals surface area contributed by atoms with Crippen LogP contribution in [0, 0.1) is 16.7 Å². The number of nitrogens with one attached hydrogen (secondary N) is 2. The molecule has 0 spiro atoms. The molecule has 3 aromatic heterocycles. The highest BCUT2D eigenvalue weighted by molar-refractivity contribution is 6.64. The van der Waals surface area contributed by atoms with Crippen LogP contribution in [0.3, 0.4) is 0 Å². The number of halogens is 1. The molecule has 3 heterocycles. The van der Waals surface area contributed by atoms with E-state index in [-0.39, 0.29) is 5.56 Å². The molecule has 0 saturated heterocycles. The zero-order valence-corrected chi connectivity index (χ0v) is 26.3. The number of rotatable bonds is 10. The standard InChI is InChI=1S/C30H30B6FN7O3/c1-26(2,47)23(37)16-40-24(45)19-15-39-21(22-4-3-18-11-17(13-38)14-41-43(18)22)12-20(19)42-28-8-5-27(6-9-28,7-10-28)25(46)44(29(31,32)33)30(34,35)36/h3-4,11-12,14-15,23,47H,5-10,16H2,1-2H3,(H,39,42)(H,40,45)/t23-,27?,28?/m1/s1. The number of pyridine rings is 1. The second kappa shape index (κ2) is 12.1. The van der Waals surface area contributed by atoms with Crippen molar-refractivity contribution >= 4 is 70.1 Å². The van der Waals surface area contributed by atoms with Crippen LogP contribution in [0.1, 0.15) is 68.3 Å². The molecule has 0 unspecified atom stereocenters. The zero-order valence-electron chi connectivity index (χ0n) is 26.3. The molecular formula is C30H30B6FN7O3. The number of fused-ring (bicyclic) bond motifs is 4. The Morgan fingerprint density at radius 3 is 2.23 bits per heavy atom. The van der Waals surface area contributed by atoms with Crippen LogP contribution in [0.2, 0.25) is 0 Å². The lowest BCUT2D eigenvalue weighted by molar-refractivity contribution is -0.149. The third-order valence-electron chi connectivity index (χ3n) is 9.33. The van der Waals surface area contributed by atoms with Gasteiger partial charge in [-0.05, 0) is 76.6 Å². The third-order valence-corrected chi connectivity index (χ3v) is 9.33. The highest BCUT2D eigenvalue weighted by Gasteiger charge is 2.55. The molecule has 6 rings (SSSR count). The van der Waals surface area contributed by atoms with E-state index < -0.39 is 51.6 Å². The highest BCUT2D eigenvalue weighted by Crippen LogP contribution is 2.55. The van der Waals surface area contributed by atoms with Gasteiger partial charge < -0.3 is 20.6 Å². The maximum absolute atomic E-state index is 14.5. The van der Waals surface area contributed by atoms with Gasteiger partial charge in [-0.15, -0.1) is 0 Å². The Balaban J connectivity index is 1.46. The minimum atomic E-state index is -2.19. The summed E-state index contributed by atoms with van der Waals surface area (Å²) < 4.78 is 16.2. The molecular weight excluding hydrogens is 590 g/mol. The Bertz CT molecular complexity index is 1710. The summed E-state index contributed by atoms with van der Waals surface area (Å²) in [6.45, 7) is 2.22. The molecule has 10 nitrogen and oxygen atoms in total. The number of amides is 2. The van der Waals surface area contributed by atoms with Gasteiger partial charge in [-0.25, -0.2) is 8.91 Å². The third kappa shape index (κ3) is 6.85. The summed E-state index contributed by atoms with van der Waals surface area (Å²) >= 11 is 0. The summed E-state index contributed by atoms with van der Waals surface area (Å²) in [5, 5.41) is 25.4. The Kier molecular flexibility index (Phi) is 8.93. The van der Waals surface area contributed by atoms with E-state index in [0.29, 0.717) is 66.7 Å². The number of anilines is 1. The van der Waals surface area contributed by atoms with Gasteiger partial charge in [0.1, 0.15) is 12.2 Å². The van der Waals surface area contributed by atoms with Crippen LogP contribution in [-0.2, 0) is 4.79 Å². The largest absolute Gasteiger partial charge is 0.387 e. The van der Waals surface area contributed by atoms with Gasteiger partial charge in [0.25, 0.3) is 5.91 Å². The molecule has 3 aromatic rings. The normalized spacial score (nSPS) is 21.9. The molecule has 2 amide bonds. The van der Waals surface area contributed by atoms with Gasteiger partial charge in [-0.1, -0.05) is 10.5 Å². The molecule has 17 heteroatoms. The number of hydrogen-bond donors (Lipinski definition) is 3. The van der Waals surface area contributed by atoms with Gasteiger partial charge in [0.15, 0.2) is 0 Å². The number of carbonyl (C=O) groups is 2. The molecule has 2 bridgehead atoms. The lowest BCUT2D eigenvalue weighted by atomic mass is 9.40. The van der Waals surface area contributed by atoms with Crippen molar-refractivity contribution in [1.29, 1.82) is 5.26 Å². The van der Waals surface area contributed by atoms with Crippen LogP contribution in [0.4, 0.5) is 10.1 Å². The van der Waals surface area contributed by atoms with Crippen molar-refractivity contribution < 1.29 is 19.1 Å². The molecule has 228 valence electrons. The Labute approximate surface area is 281 Å². The Morgan fingerprint density at radius 2 is 1.68 bits per heavy atom. The minimum Gasteiger partial charge on any atom is -0.387 e. The van der Waals surface area contributed by atoms with E-state index in [4.69, 9.17) is 47.1 Å². The van der Waals surface area contributed by atoms with Gasteiger partial charge in [0.05, 0.1) is 99.1 Å². The van der Waals surface area contributed by atoms with Crippen molar-refractivity contribution in [3.63, 3.8) is 0 Å². The van der Waals surface area contributed by atoms with E-state index in [9.17, 15) is 24.3 Å². The molecule has 3 saturated carbocycles. The van der Waals surface area contributed by atoms with E-state index in [0.717, 1.165) is 4.90 Å². The molecule has 0 aromatic carbocycles. The van der Waals surface area contributed by atoms with E-state index >= 15 is 0 Å². The second-order valence-electron chi connectivity index (χ2n) is 13.5. The molecule has 47 heavy (non-hydrogen) atoms. The fourth-order valence-electron chi connectivity index (χ4n) is 6.57. The smallest absolute Gasteiger partial charge is 0.255 e. The van der Waals surface area contributed by atoms with Gasteiger partial charge >= 0.3 is 0 Å². The zero-order chi connectivity index (χ0) is 34.6. The van der Waals surface area contributed by atoms with E-state index in [1.807, 2.05) is 0 Å². The Hall–Kier alpha value is -3.65. The SMILES string of the molecule is [B]C([B])([B])N(C(=O)C12CCC(Nc3cc(-c4ccc5cc(C#N)cnn45)ncc3C(=O)NC[C@@H](F)C(C)(C)O)(CC1)CC2)C([B])([B])[B]. The molecule has 1 atom stereocenters. The van der Waals surface area contributed by atoms with Crippen LogP contribution < -0.4 is 10.6 Å². The number of alkyl halides is 1. The summed E-state index contributed by atoms with van der Waals surface area (Å²) in [4.78, 5) is 32.5. The predicted molar refractivity (Wildman–Crippen MR) is 180 cm³/mol. The van der Waals surface area contributed by atoms with Gasteiger partial charge in [-0.3, -0.25) is 14.6 Å². The summed E-state index contributed by atoms with van der Waals surface area (Å²) in [7, 11) is 35.1. The number of nitrogens with zero attached hydrogens (tertiary/aromatic N) is 5. The molecule has 3 N–H and O–H groups in total. The number of nitriles is 1. The van der Waals surface area contributed by atoms with Crippen molar-refractivity contribution in [2.24, 2.45) is 5.41 Å². The van der Waals surface area contributed by atoms with Crippen molar-refractivity contribution in [3.8, 4) is 17.5 Å². The van der Waals surface area contributed by atoms with Crippen molar-refractivity contribution in [1.82, 2.24) is 24.8 Å². The van der Waals surface area contributed by atoms with Crippen LogP contribution in [-0.4, -0.2) is 118 Å². The fourth-order valence-corrected chi connectivity index (χ4v) is 6.57. The quantitative estimate of drug-likeness (QED) is 0.284. The van der Waals surface area contributed by atoms with Gasteiger partial charge in [-0.2, -0.15) is 10.4 Å². The number of aromatic nitrogens is 3. The number of carbonyl (C=O) groups excluding carboxylic acids is 2. The average molecular weight is 620 g/mol. The molecule has 3 fully saturated rings. The summed E-state index contributed by atoms with van der Waals surface area (Å²) in [6.07, 6.45) is 3.90. The Morgan fingerprint density at radius 1 is 1.06 bits per heavy atom. The topological polar surface area (TPSA) is 136 Å². The first-order valence-electron chi connectivity index (χ1n) is 15.2. The van der Waals surface area contributed by atoms with Crippen LogP contribution in [0.5, 0.6) is 0 Å². The maximum Gasteiger partial charge on any atom is 0.255 e. The van der Waals surface area contributed by atoms with Crippen molar-refractivity contribution in [2.75, 3.05) is 11.9 Å². The number of hydrogen-bond acceptors (Lipinski definition) is 7. The molecule has 12 radical (unpaired) electrons. The van der Waals surface area contributed by atoms with Crippen molar-refractivity contribution in [3.05, 3.63) is 47.8 Å². The number of aliphatic hydroxyl groups is 1. The van der Waals surface area contributed by atoms with Crippen LogP contribution >= 0.6 is 0 Å². The molecule has 3 aliphatic carbocycles. The summed E-state index contributed by atoms with van der Waals surface area (Å²) in [6, 6.07) is 9.08. The predicted octanol–water partition coefficient (Wildman–Crippen LogP) is 0.674. The van der Waals surface area contributed by atoms with Crippen LogP contribution in [0.15, 0.2) is 36.7 Å². The maximum atomic E-state index is 14.5. The summed E-state index contributed by atoms with van der Waals surface area (Å²) in [5.74, 6) is -1.12. The average Bonchev–Trinajstić information content (AvgIpc) is 3.41. The fraction of sp³-hybridized carbons (Fsp3) is 0.500. The lowest BCUT2D eigenvalue weighted by Gasteiger charge is -2.58. The van der Waals surface area contributed by atoms with E-state index in [1.165, 1.54) is 26.2 Å². The first kappa shape index (κ1) is 34.7. The molecule has 0 aliphatic heterocycles. The second-order valence-corrected chi connectivity index (χ2v) is 13.5. The van der Waals surface area contributed by atoms with Gasteiger partial charge in [0.2, 0.25) is 5.91 Å². The summed E-state index contributed by atoms with van der Waals surface area (Å²) in [5.41, 5.74) is -0.289. The molecule has 3 aliphatic rings. The van der Waals surface area contributed by atoms with Crippen LogP contribution in [0.25, 0.3) is 16.9 Å². The minimum absolute atomic E-state index is 0.162. The van der Waals surface area contributed by atoms with Crippen molar-refractivity contribution in [2.45, 2.75) is 80.2 Å². The van der Waals surface area contributed by atoms with E-state index in [2.05, 4.69) is 26.8 Å². The lowest BCUT2D eigenvalue weighted by Crippen LogP contribution is -2.69. The first-order valence-corrected chi connectivity index (χ1v) is 15.2. The van der Waals surface area contributed by atoms with E-state index in [1.54, 1.807) is 28.8 Å². The monoisotopic (exact) mass is 621 g/mol. The highest BCUT2D eigenvalue weighted by atomic mass is 19.1. The first-order chi connectivity index (χ1) is 21.8.